The molecule has 4 nitrogen and oxygen atoms in total. The largest absolute Gasteiger partial charge is 0.379 e. The highest BCUT2D eigenvalue weighted by atomic mass is 16.5. The highest BCUT2D eigenvalue weighted by Gasteiger charge is 2.11. The zero-order chi connectivity index (χ0) is 17.6. The van der Waals surface area contributed by atoms with Crippen molar-refractivity contribution in [2.45, 2.75) is 32.6 Å². The lowest BCUT2D eigenvalue weighted by Gasteiger charge is -2.26. The van der Waals surface area contributed by atoms with Crippen LogP contribution in [0.15, 0.2) is 11.6 Å². The first-order valence-electron chi connectivity index (χ1n) is 9.65. The van der Waals surface area contributed by atoms with Crippen molar-refractivity contribution < 1.29 is 9.47 Å². The Morgan fingerprint density at radius 3 is 2.28 bits per heavy atom. The number of allylic oxidation sites excluding steroid dienone is 1. The second-order valence-electron chi connectivity index (χ2n) is 6.53. The van der Waals surface area contributed by atoms with Gasteiger partial charge < -0.3 is 9.47 Å². The Balaban J connectivity index is 1.86. The number of nitrogens with zero attached hydrogens (tertiary/aromatic N) is 2. The number of morpholine rings is 2. The molecule has 0 aromatic rings. The van der Waals surface area contributed by atoms with Gasteiger partial charge in [-0.1, -0.05) is 43.4 Å². The summed E-state index contributed by atoms with van der Waals surface area (Å²) in [7, 11) is 0. The quantitative estimate of drug-likeness (QED) is 0.545. The third-order valence-corrected chi connectivity index (χ3v) is 4.41. The minimum Gasteiger partial charge on any atom is -0.379 e. The molecule has 0 radical (unpaired) electrons. The fourth-order valence-corrected chi connectivity index (χ4v) is 2.82. The summed E-state index contributed by atoms with van der Waals surface area (Å²) in [4.78, 5) is 4.74. The standard InChI is InChI=1S/C21H32N2O2/c1-2-3-4-5-6-9-21(20-23-14-18-25-19-15-23)10-7-8-11-22-12-16-24-17-13-22/h10H,2-5,11-20H2,1H3/b21-10+. The summed E-state index contributed by atoms with van der Waals surface area (Å²) in [5.74, 6) is 13.2. The number of unbranched alkanes of at least 4 members (excludes halogenated alkanes) is 3. The Morgan fingerprint density at radius 1 is 0.920 bits per heavy atom. The van der Waals surface area contributed by atoms with Gasteiger partial charge in [0.15, 0.2) is 0 Å². The van der Waals surface area contributed by atoms with E-state index in [4.69, 9.17) is 9.47 Å². The molecule has 4 heteroatoms. The van der Waals surface area contributed by atoms with Gasteiger partial charge in [0, 0.05) is 50.8 Å². The summed E-state index contributed by atoms with van der Waals surface area (Å²) in [5.41, 5.74) is 1.13. The van der Waals surface area contributed by atoms with Gasteiger partial charge in [-0.15, -0.1) is 0 Å². The van der Waals surface area contributed by atoms with Gasteiger partial charge in [0.1, 0.15) is 0 Å². The van der Waals surface area contributed by atoms with Gasteiger partial charge in [-0.25, -0.2) is 0 Å². The van der Waals surface area contributed by atoms with Crippen LogP contribution in [-0.2, 0) is 9.47 Å². The second kappa shape index (κ2) is 13.0. The Kier molecular flexibility index (Phi) is 10.4. The molecule has 0 bridgehead atoms. The second-order valence-corrected chi connectivity index (χ2v) is 6.53. The van der Waals surface area contributed by atoms with E-state index in [1.165, 1.54) is 19.3 Å². The summed E-state index contributed by atoms with van der Waals surface area (Å²) in [6.07, 6.45) is 6.69. The van der Waals surface area contributed by atoms with E-state index in [0.29, 0.717) is 0 Å². The molecule has 0 saturated carbocycles. The van der Waals surface area contributed by atoms with E-state index in [2.05, 4.69) is 40.4 Å². The molecule has 0 amide bonds. The van der Waals surface area contributed by atoms with Gasteiger partial charge >= 0.3 is 0 Å². The summed E-state index contributed by atoms with van der Waals surface area (Å²) in [6.45, 7) is 11.1. The predicted molar refractivity (Wildman–Crippen MR) is 102 cm³/mol. The van der Waals surface area contributed by atoms with Crippen LogP contribution < -0.4 is 0 Å². The number of ether oxygens (including phenoxy) is 2. The maximum absolute atomic E-state index is 5.43. The van der Waals surface area contributed by atoms with E-state index >= 15 is 0 Å². The molecular weight excluding hydrogens is 312 g/mol. The van der Waals surface area contributed by atoms with Gasteiger partial charge in [0.2, 0.25) is 0 Å². The van der Waals surface area contributed by atoms with Crippen molar-refractivity contribution in [3.8, 4) is 23.7 Å². The van der Waals surface area contributed by atoms with Crippen molar-refractivity contribution in [3.63, 3.8) is 0 Å². The molecule has 2 saturated heterocycles. The van der Waals surface area contributed by atoms with Crippen LogP contribution in [0.25, 0.3) is 0 Å². The molecule has 2 fully saturated rings. The molecule has 2 aliphatic heterocycles. The van der Waals surface area contributed by atoms with Gasteiger partial charge in [-0.3, -0.25) is 9.80 Å². The average Bonchev–Trinajstić information content (AvgIpc) is 2.66. The minimum absolute atomic E-state index is 0.814. The fourth-order valence-electron chi connectivity index (χ4n) is 2.82. The topological polar surface area (TPSA) is 24.9 Å². The zero-order valence-corrected chi connectivity index (χ0v) is 15.7. The molecule has 0 spiro atoms. The third-order valence-electron chi connectivity index (χ3n) is 4.41. The molecule has 0 aromatic heterocycles. The molecule has 0 unspecified atom stereocenters. The maximum atomic E-state index is 5.43. The van der Waals surface area contributed by atoms with Crippen molar-refractivity contribution in [3.05, 3.63) is 11.6 Å². The lowest BCUT2D eigenvalue weighted by atomic mass is 10.1. The lowest BCUT2D eigenvalue weighted by molar-refractivity contribution is 0.0427. The van der Waals surface area contributed by atoms with E-state index in [1.807, 2.05) is 6.08 Å². The van der Waals surface area contributed by atoms with Crippen molar-refractivity contribution in [2.75, 3.05) is 65.7 Å². The highest BCUT2D eigenvalue weighted by molar-refractivity contribution is 5.36. The van der Waals surface area contributed by atoms with E-state index < -0.39 is 0 Å². The molecular formula is C21H32N2O2. The first kappa shape index (κ1) is 20.0. The summed E-state index contributed by atoms with van der Waals surface area (Å²) in [5, 5.41) is 0. The van der Waals surface area contributed by atoms with E-state index in [9.17, 15) is 0 Å². The van der Waals surface area contributed by atoms with Gasteiger partial charge in [-0.05, 0) is 6.42 Å². The molecule has 0 aliphatic carbocycles. The first-order chi connectivity index (χ1) is 12.4. The minimum atomic E-state index is 0.814. The first-order valence-corrected chi connectivity index (χ1v) is 9.65. The van der Waals surface area contributed by atoms with Crippen molar-refractivity contribution in [1.82, 2.24) is 9.80 Å². The normalized spacial score (nSPS) is 19.6. The zero-order valence-electron chi connectivity index (χ0n) is 15.7. The van der Waals surface area contributed by atoms with Crippen LogP contribution in [0.5, 0.6) is 0 Å². The molecule has 0 N–H and O–H groups in total. The molecule has 0 aromatic carbocycles. The molecule has 2 rings (SSSR count). The Bertz CT molecular complexity index is 509. The third kappa shape index (κ3) is 9.10. The number of hydrogen-bond donors (Lipinski definition) is 0. The van der Waals surface area contributed by atoms with Crippen LogP contribution in [0.4, 0.5) is 0 Å². The summed E-state index contributed by atoms with van der Waals surface area (Å²) >= 11 is 0. The van der Waals surface area contributed by atoms with Crippen LogP contribution in [0, 0.1) is 23.7 Å². The number of hydrogen-bond acceptors (Lipinski definition) is 4. The highest BCUT2D eigenvalue weighted by Crippen LogP contribution is 2.03. The van der Waals surface area contributed by atoms with E-state index in [0.717, 1.165) is 77.7 Å². The molecule has 138 valence electrons. The molecule has 2 heterocycles. The van der Waals surface area contributed by atoms with E-state index in [1.54, 1.807) is 0 Å². The predicted octanol–water partition coefficient (Wildman–Crippen LogP) is 2.16. The summed E-state index contributed by atoms with van der Waals surface area (Å²) in [6, 6.07) is 0. The van der Waals surface area contributed by atoms with E-state index in [-0.39, 0.29) is 0 Å². The van der Waals surface area contributed by atoms with Gasteiger partial charge in [0.25, 0.3) is 0 Å². The van der Waals surface area contributed by atoms with Crippen LogP contribution >= 0.6 is 0 Å². The van der Waals surface area contributed by atoms with Crippen molar-refractivity contribution in [2.24, 2.45) is 0 Å². The molecule has 2 aliphatic rings. The Labute approximate surface area is 153 Å². The van der Waals surface area contributed by atoms with Crippen molar-refractivity contribution >= 4 is 0 Å². The van der Waals surface area contributed by atoms with Crippen LogP contribution in [0.2, 0.25) is 0 Å². The van der Waals surface area contributed by atoms with Crippen LogP contribution in [-0.4, -0.2) is 75.5 Å². The van der Waals surface area contributed by atoms with Crippen LogP contribution in [0.1, 0.15) is 32.6 Å². The molecule has 25 heavy (non-hydrogen) atoms. The monoisotopic (exact) mass is 344 g/mol. The summed E-state index contributed by atoms with van der Waals surface area (Å²) < 4.78 is 10.8. The fraction of sp³-hybridized carbons (Fsp3) is 0.714. The van der Waals surface area contributed by atoms with Gasteiger partial charge in [-0.2, -0.15) is 0 Å². The van der Waals surface area contributed by atoms with Crippen LogP contribution in [0.3, 0.4) is 0 Å². The SMILES string of the molecule is CCCCCC#C/C(=C\C#CCN1CCOCC1)CN1CCOCC1. The average molecular weight is 344 g/mol. The Morgan fingerprint density at radius 2 is 1.60 bits per heavy atom. The lowest BCUT2D eigenvalue weighted by Crippen LogP contribution is -2.37. The van der Waals surface area contributed by atoms with Gasteiger partial charge in [0.05, 0.1) is 33.0 Å². The van der Waals surface area contributed by atoms with Crippen molar-refractivity contribution in [1.29, 1.82) is 0 Å². The molecule has 0 atom stereocenters. The Hall–Kier alpha value is -1.30. The maximum Gasteiger partial charge on any atom is 0.0606 e. The number of rotatable bonds is 6. The smallest absolute Gasteiger partial charge is 0.0606 e.